The Bertz CT molecular complexity index is 603. The van der Waals surface area contributed by atoms with Gasteiger partial charge in [-0.3, -0.25) is 0 Å². The van der Waals surface area contributed by atoms with Gasteiger partial charge in [-0.05, 0) is 37.5 Å². The molecule has 0 radical (unpaired) electrons. The molecule has 0 heterocycles. The fraction of sp³-hybridized carbons (Fsp3) is 0.278. The largest absolute Gasteiger partial charge is 0.415 e. The lowest BCUT2D eigenvalue weighted by atomic mass is 10.1. The van der Waals surface area contributed by atoms with Gasteiger partial charge in [0.25, 0.3) is 0 Å². The van der Waals surface area contributed by atoms with Crippen molar-refractivity contribution in [3.8, 4) is 5.75 Å². The predicted octanol–water partition coefficient (Wildman–Crippen LogP) is 4.16. The van der Waals surface area contributed by atoms with Crippen LogP contribution in [-0.2, 0) is 6.54 Å². The molecule has 0 saturated heterocycles. The van der Waals surface area contributed by atoms with Crippen LogP contribution in [0.2, 0.25) is 0 Å². The molecule has 0 bridgehead atoms. The summed E-state index contributed by atoms with van der Waals surface area (Å²) in [7, 11) is 0. The van der Waals surface area contributed by atoms with Gasteiger partial charge in [-0.2, -0.15) is 0 Å². The summed E-state index contributed by atoms with van der Waals surface area (Å²) in [6.45, 7) is 2.67. The molecule has 3 heteroatoms. The molecule has 1 saturated carbocycles. The van der Waals surface area contributed by atoms with Gasteiger partial charge >= 0.3 is 6.09 Å². The number of ether oxygens (including phenoxy) is 1. The van der Waals surface area contributed by atoms with Gasteiger partial charge in [0, 0.05) is 12.6 Å². The number of rotatable bonds is 4. The molecule has 0 spiro atoms. The molecule has 0 atom stereocenters. The van der Waals surface area contributed by atoms with Gasteiger partial charge in [0.05, 0.1) is 0 Å². The quantitative estimate of drug-likeness (QED) is 0.842. The van der Waals surface area contributed by atoms with Crippen molar-refractivity contribution in [2.75, 3.05) is 0 Å². The molecule has 1 aliphatic carbocycles. The van der Waals surface area contributed by atoms with Crippen molar-refractivity contribution in [1.29, 1.82) is 0 Å². The third-order valence-electron chi connectivity index (χ3n) is 3.64. The first-order valence-electron chi connectivity index (χ1n) is 7.31. The first kappa shape index (κ1) is 13.7. The van der Waals surface area contributed by atoms with E-state index in [4.69, 9.17) is 4.74 Å². The highest BCUT2D eigenvalue weighted by Gasteiger charge is 2.33. The van der Waals surface area contributed by atoms with E-state index < -0.39 is 0 Å². The van der Waals surface area contributed by atoms with E-state index >= 15 is 0 Å². The summed E-state index contributed by atoms with van der Waals surface area (Å²) in [6, 6.07) is 17.8. The highest BCUT2D eigenvalue weighted by Crippen LogP contribution is 2.29. The predicted molar refractivity (Wildman–Crippen MR) is 82.2 cm³/mol. The molecule has 1 amide bonds. The van der Waals surface area contributed by atoms with Gasteiger partial charge < -0.3 is 9.64 Å². The van der Waals surface area contributed by atoms with E-state index in [0.717, 1.165) is 18.4 Å². The van der Waals surface area contributed by atoms with Crippen LogP contribution in [0.4, 0.5) is 4.79 Å². The van der Waals surface area contributed by atoms with E-state index in [9.17, 15) is 4.79 Å². The molecule has 0 aliphatic heterocycles. The summed E-state index contributed by atoms with van der Waals surface area (Å²) in [6.07, 6.45) is 1.87. The Morgan fingerprint density at radius 1 is 1.10 bits per heavy atom. The second kappa shape index (κ2) is 6.00. The summed E-state index contributed by atoms with van der Waals surface area (Å²) in [4.78, 5) is 14.2. The number of carbonyl (C=O) groups is 1. The van der Waals surface area contributed by atoms with E-state index in [-0.39, 0.29) is 6.09 Å². The summed E-state index contributed by atoms with van der Waals surface area (Å²) < 4.78 is 5.46. The normalized spacial score (nSPS) is 13.8. The zero-order valence-corrected chi connectivity index (χ0v) is 12.2. The van der Waals surface area contributed by atoms with E-state index in [1.54, 1.807) is 12.1 Å². The molecule has 108 valence electrons. The second-order valence-corrected chi connectivity index (χ2v) is 5.53. The zero-order valence-electron chi connectivity index (χ0n) is 12.2. The number of aryl methyl sites for hydroxylation is 1. The summed E-state index contributed by atoms with van der Waals surface area (Å²) in [5, 5.41) is 0. The molecule has 0 N–H and O–H groups in total. The number of para-hydroxylation sites is 1. The Morgan fingerprint density at radius 3 is 2.38 bits per heavy atom. The monoisotopic (exact) mass is 281 g/mol. The van der Waals surface area contributed by atoms with Crippen molar-refractivity contribution in [3.63, 3.8) is 0 Å². The highest BCUT2D eigenvalue weighted by molar-refractivity contribution is 5.71. The molecule has 0 unspecified atom stereocenters. The summed E-state index contributed by atoms with van der Waals surface area (Å²) in [5.74, 6) is 0.594. The molecule has 21 heavy (non-hydrogen) atoms. The fourth-order valence-electron chi connectivity index (χ4n) is 2.27. The van der Waals surface area contributed by atoms with Gasteiger partial charge in [-0.15, -0.1) is 0 Å². The van der Waals surface area contributed by atoms with E-state index in [1.807, 2.05) is 23.1 Å². The van der Waals surface area contributed by atoms with Crippen molar-refractivity contribution < 1.29 is 9.53 Å². The minimum atomic E-state index is -0.260. The average Bonchev–Trinajstić information content (AvgIpc) is 3.32. The first-order valence-corrected chi connectivity index (χ1v) is 7.31. The lowest BCUT2D eigenvalue weighted by Gasteiger charge is -2.21. The smallest absolute Gasteiger partial charge is 0.410 e. The standard InChI is InChI=1S/C18H19NO2/c1-14-7-9-15(10-8-14)13-19(16-11-12-16)18(20)21-17-5-3-2-4-6-17/h2-10,16H,11-13H2,1H3. The maximum Gasteiger partial charge on any atom is 0.415 e. The van der Waals surface area contributed by atoms with Gasteiger partial charge in [0.2, 0.25) is 0 Å². The van der Waals surface area contributed by atoms with Gasteiger partial charge in [-0.25, -0.2) is 4.79 Å². The summed E-state index contributed by atoms with van der Waals surface area (Å²) in [5.41, 5.74) is 2.36. The number of amides is 1. The van der Waals surface area contributed by atoms with Crippen LogP contribution in [0.3, 0.4) is 0 Å². The van der Waals surface area contributed by atoms with Crippen LogP contribution in [-0.4, -0.2) is 17.0 Å². The Hall–Kier alpha value is -2.29. The van der Waals surface area contributed by atoms with Gasteiger partial charge in [0.15, 0.2) is 0 Å². The topological polar surface area (TPSA) is 29.5 Å². The molecule has 1 aliphatic rings. The lowest BCUT2D eigenvalue weighted by Crippen LogP contribution is -2.34. The van der Waals surface area contributed by atoms with Crippen LogP contribution in [0.5, 0.6) is 5.75 Å². The SMILES string of the molecule is Cc1ccc(CN(C(=O)Oc2ccccc2)C2CC2)cc1. The minimum Gasteiger partial charge on any atom is -0.410 e. The van der Waals surface area contributed by atoms with E-state index in [0.29, 0.717) is 18.3 Å². The molecule has 3 rings (SSSR count). The molecule has 1 fully saturated rings. The minimum absolute atomic E-state index is 0.260. The lowest BCUT2D eigenvalue weighted by molar-refractivity contribution is 0.146. The Kier molecular flexibility index (Phi) is 3.91. The van der Waals surface area contributed by atoms with Crippen LogP contribution in [0.1, 0.15) is 24.0 Å². The van der Waals surface area contributed by atoms with Crippen LogP contribution in [0, 0.1) is 6.92 Å². The van der Waals surface area contributed by atoms with Crippen molar-refractivity contribution in [3.05, 3.63) is 65.7 Å². The van der Waals surface area contributed by atoms with E-state index in [2.05, 4.69) is 31.2 Å². The van der Waals surface area contributed by atoms with Crippen molar-refractivity contribution in [1.82, 2.24) is 4.90 Å². The Labute approximate surface area is 125 Å². The number of hydrogen-bond acceptors (Lipinski definition) is 2. The Balaban J connectivity index is 1.69. The van der Waals surface area contributed by atoms with Crippen molar-refractivity contribution in [2.45, 2.75) is 32.4 Å². The van der Waals surface area contributed by atoms with Crippen LogP contribution in [0.25, 0.3) is 0 Å². The summed E-state index contributed by atoms with van der Waals surface area (Å²) >= 11 is 0. The molecule has 0 aromatic heterocycles. The zero-order chi connectivity index (χ0) is 14.7. The molecule has 2 aromatic carbocycles. The van der Waals surface area contributed by atoms with Crippen molar-refractivity contribution >= 4 is 6.09 Å². The second-order valence-electron chi connectivity index (χ2n) is 5.53. The average molecular weight is 281 g/mol. The maximum atomic E-state index is 12.4. The first-order chi connectivity index (χ1) is 10.2. The highest BCUT2D eigenvalue weighted by atomic mass is 16.6. The third kappa shape index (κ3) is 3.63. The molecule has 2 aromatic rings. The van der Waals surface area contributed by atoms with Gasteiger partial charge in [-0.1, -0.05) is 48.0 Å². The van der Waals surface area contributed by atoms with Crippen molar-refractivity contribution in [2.24, 2.45) is 0 Å². The fourth-order valence-corrected chi connectivity index (χ4v) is 2.27. The number of hydrogen-bond donors (Lipinski definition) is 0. The molecular formula is C18H19NO2. The van der Waals surface area contributed by atoms with Crippen LogP contribution in [0.15, 0.2) is 54.6 Å². The molecular weight excluding hydrogens is 262 g/mol. The molecule has 3 nitrogen and oxygen atoms in total. The Morgan fingerprint density at radius 2 is 1.76 bits per heavy atom. The third-order valence-corrected chi connectivity index (χ3v) is 3.64. The van der Waals surface area contributed by atoms with Crippen LogP contribution >= 0.6 is 0 Å². The van der Waals surface area contributed by atoms with Crippen LogP contribution < -0.4 is 4.74 Å². The van der Waals surface area contributed by atoms with E-state index in [1.165, 1.54) is 5.56 Å². The number of nitrogens with zero attached hydrogens (tertiary/aromatic N) is 1. The maximum absolute atomic E-state index is 12.4. The van der Waals surface area contributed by atoms with Gasteiger partial charge in [0.1, 0.15) is 5.75 Å². The number of carbonyl (C=O) groups excluding carboxylic acids is 1. The number of benzene rings is 2.